The zero-order valence-corrected chi connectivity index (χ0v) is 16.8. The van der Waals surface area contributed by atoms with E-state index in [9.17, 15) is 0 Å². The van der Waals surface area contributed by atoms with Gasteiger partial charge >= 0.3 is 0 Å². The molecule has 0 aliphatic carbocycles. The van der Waals surface area contributed by atoms with Crippen LogP contribution in [0.3, 0.4) is 0 Å². The highest BCUT2D eigenvalue weighted by atomic mass is 35.5. The summed E-state index contributed by atoms with van der Waals surface area (Å²) in [6.45, 7) is 10.6. The van der Waals surface area contributed by atoms with Crippen LogP contribution in [0.15, 0.2) is 23.6 Å². The molecule has 0 bridgehead atoms. The highest BCUT2D eigenvalue weighted by molar-refractivity contribution is 7.17. The van der Waals surface area contributed by atoms with Crippen molar-refractivity contribution in [2.45, 2.75) is 40.5 Å². The topological polar surface area (TPSA) is 29.0 Å². The first kappa shape index (κ1) is 18.2. The molecule has 0 N–H and O–H groups in total. The van der Waals surface area contributed by atoms with Gasteiger partial charge in [0, 0.05) is 24.0 Å². The van der Waals surface area contributed by atoms with E-state index in [1.54, 1.807) is 11.3 Å². The quantitative estimate of drug-likeness (QED) is 0.478. The smallest absolute Gasteiger partial charge is 0.225 e. The minimum atomic E-state index is 0.327. The summed E-state index contributed by atoms with van der Waals surface area (Å²) in [6, 6.07) is 6.62. The number of halogens is 1. The molecule has 3 aromatic rings. The first-order valence-corrected chi connectivity index (χ1v) is 10.1. The molecular formula is C20H24ClN3S. The Kier molecular flexibility index (Phi) is 5.60. The van der Waals surface area contributed by atoms with Crippen LogP contribution in [-0.2, 0) is 0 Å². The van der Waals surface area contributed by atoms with Crippen molar-refractivity contribution in [3.63, 3.8) is 0 Å². The number of nitrogens with zero attached hydrogens (tertiary/aromatic N) is 3. The predicted molar refractivity (Wildman–Crippen MR) is 110 cm³/mol. The lowest BCUT2D eigenvalue weighted by Crippen LogP contribution is -2.26. The van der Waals surface area contributed by atoms with Crippen LogP contribution in [0.2, 0.25) is 5.28 Å². The van der Waals surface area contributed by atoms with Crippen LogP contribution in [0.5, 0.6) is 0 Å². The van der Waals surface area contributed by atoms with Gasteiger partial charge in [0.05, 0.1) is 5.39 Å². The summed E-state index contributed by atoms with van der Waals surface area (Å²) in [5.41, 5.74) is 5.02. The standard InChI is InChI=1S/C20H24ClN3S/c1-5-9-24(10-6-2)18-17-16(12-25-19(17)23-20(21)22-18)15-8-7-13(3)14(4)11-15/h7-8,11-12H,5-6,9-10H2,1-4H3. The maximum absolute atomic E-state index is 6.23. The Labute approximate surface area is 158 Å². The normalized spacial score (nSPS) is 11.2. The lowest BCUT2D eigenvalue weighted by molar-refractivity contribution is 0.736. The molecule has 2 heterocycles. The van der Waals surface area contributed by atoms with Crippen molar-refractivity contribution in [3.8, 4) is 11.1 Å². The fraction of sp³-hybridized carbons (Fsp3) is 0.400. The van der Waals surface area contributed by atoms with Gasteiger partial charge in [0.15, 0.2) is 0 Å². The summed E-state index contributed by atoms with van der Waals surface area (Å²) in [6.07, 6.45) is 2.15. The van der Waals surface area contributed by atoms with Crippen molar-refractivity contribution in [2.75, 3.05) is 18.0 Å². The largest absolute Gasteiger partial charge is 0.356 e. The van der Waals surface area contributed by atoms with Crippen LogP contribution < -0.4 is 4.90 Å². The van der Waals surface area contributed by atoms with Crippen LogP contribution in [0.25, 0.3) is 21.3 Å². The second-order valence-electron chi connectivity index (χ2n) is 6.43. The maximum Gasteiger partial charge on any atom is 0.225 e. The number of thiophene rings is 1. The predicted octanol–water partition coefficient (Wildman–Crippen LogP) is 6.25. The van der Waals surface area contributed by atoms with Gasteiger partial charge < -0.3 is 4.90 Å². The van der Waals surface area contributed by atoms with Crippen molar-refractivity contribution < 1.29 is 0 Å². The zero-order valence-electron chi connectivity index (χ0n) is 15.3. The van der Waals surface area contributed by atoms with Gasteiger partial charge in [-0.2, -0.15) is 4.98 Å². The van der Waals surface area contributed by atoms with E-state index in [1.807, 2.05) is 0 Å². The molecule has 132 valence electrons. The molecule has 0 spiro atoms. The summed E-state index contributed by atoms with van der Waals surface area (Å²) in [4.78, 5) is 12.4. The van der Waals surface area contributed by atoms with Crippen LogP contribution in [0.1, 0.15) is 37.8 Å². The highest BCUT2D eigenvalue weighted by Crippen LogP contribution is 2.39. The highest BCUT2D eigenvalue weighted by Gasteiger charge is 2.19. The molecule has 1 aromatic carbocycles. The number of aromatic nitrogens is 2. The lowest BCUT2D eigenvalue weighted by Gasteiger charge is -2.24. The molecule has 0 aliphatic heterocycles. The van der Waals surface area contributed by atoms with E-state index in [4.69, 9.17) is 11.6 Å². The minimum absolute atomic E-state index is 0.327. The zero-order chi connectivity index (χ0) is 18.0. The Hall–Kier alpha value is -1.65. The van der Waals surface area contributed by atoms with E-state index >= 15 is 0 Å². The molecule has 5 heteroatoms. The Bertz CT molecular complexity index is 882. The van der Waals surface area contributed by atoms with Crippen molar-refractivity contribution >= 4 is 39.0 Å². The average molecular weight is 374 g/mol. The Morgan fingerprint density at radius 1 is 1.04 bits per heavy atom. The third kappa shape index (κ3) is 3.65. The molecule has 0 aliphatic rings. The first-order valence-electron chi connectivity index (χ1n) is 8.82. The van der Waals surface area contributed by atoms with E-state index < -0.39 is 0 Å². The fourth-order valence-electron chi connectivity index (χ4n) is 3.11. The Morgan fingerprint density at radius 3 is 2.40 bits per heavy atom. The van der Waals surface area contributed by atoms with Gasteiger partial charge in [-0.15, -0.1) is 11.3 Å². The van der Waals surface area contributed by atoms with Gasteiger partial charge in [0.1, 0.15) is 10.6 Å². The van der Waals surface area contributed by atoms with Crippen molar-refractivity contribution in [2.24, 2.45) is 0 Å². The lowest BCUT2D eigenvalue weighted by atomic mass is 10.0. The number of fused-ring (bicyclic) bond motifs is 1. The molecule has 0 saturated carbocycles. The van der Waals surface area contributed by atoms with Crippen LogP contribution in [0, 0.1) is 13.8 Å². The van der Waals surface area contributed by atoms with E-state index in [0.29, 0.717) is 5.28 Å². The second-order valence-corrected chi connectivity index (χ2v) is 7.63. The number of hydrogen-bond donors (Lipinski definition) is 0. The van der Waals surface area contributed by atoms with Crippen molar-refractivity contribution in [3.05, 3.63) is 40.0 Å². The number of rotatable bonds is 6. The van der Waals surface area contributed by atoms with Crippen molar-refractivity contribution in [1.29, 1.82) is 0 Å². The molecule has 2 aromatic heterocycles. The molecule has 3 rings (SSSR count). The van der Waals surface area contributed by atoms with E-state index in [-0.39, 0.29) is 0 Å². The summed E-state index contributed by atoms with van der Waals surface area (Å²) >= 11 is 7.87. The van der Waals surface area contributed by atoms with Crippen molar-refractivity contribution in [1.82, 2.24) is 9.97 Å². The second kappa shape index (κ2) is 7.71. The van der Waals surface area contributed by atoms with Crippen LogP contribution in [0.4, 0.5) is 5.82 Å². The SMILES string of the molecule is CCCN(CCC)c1nc(Cl)nc2scc(-c3ccc(C)c(C)c3)c12. The molecule has 0 saturated heterocycles. The summed E-state index contributed by atoms with van der Waals surface area (Å²) < 4.78 is 0. The molecule has 0 fully saturated rings. The Morgan fingerprint density at radius 2 is 1.76 bits per heavy atom. The molecule has 0 atom stereocenters. The summed E-state index contributed by atoms with van der Waals surface area (Å²) in [5, 5.41) is 3.63. The average Bonchev–Trinajstić information content (AvgIpc) is 3.00. The third-order valence-corrected chi connectivity index (χ3v) is 5.53. The molecule has 0 unspecified atom stereocenters. The number of hydrogen-bond acceptors (Lipinski definition) is 4. The third-order valence-electron chi connectivity index (χ3n) is 4.49. The van der Waals surface area contributed by atoms with Crippen LogP contribution in [-0.4, -0.2) is 23.1 Å². The molecule has 3 nitrogen and oxygen atoms in total. The fourth-order valence-corrected chi connectivity index (χ4v) is 4.27. The van der Waals surface area contributed by atoms with Gasteiger partial charge in [-0.25, -0.2) is 4.98 Å². The van der Waals surface area contributed by atoms with Gasteiger partial charge in [0.2, 0.25) is 5.28 Å². The van der Waals surface area contributed by atoms with Gasteiger partial charge in [-0.05, 0) is 55.0 Å². The Balaban J connectivity index is 2.22. The molecular weight excluding hydrogens is 350 g/mol. The summed E-state index contributed by atoms with van der Waals surface area (Å²) in [7, 11) is 0. The minimum Gasteiger partial charge on any atom is -0.356 e. The monoisotopic (exact) mass is 373 g/mol. The first-order chi connectivity index (χ1) is 12.0. The van der Waals surface area contributed by atoms with Crippen LogP contribution >= 0.6 is 22.9 Å². The number of benzene rings is 1. The number of aryl methyl sites for hydroxylation is 2. The maximum atomic E-state index is 6.23. The van der Waals surface area contributed by atoms with E-state index in [1.165, 1.54) is 22.3 Å². The van der Waals surface area contributed by atoms with E-state index in [0.717, 1.165) is 42.0 Å². The van der Waals surface area contributed by atoms with Gasteiger partial charge in [-0.1, -0.05) is 32.0 Å². The molecule has 0 amide bonds. The van der Waals surface area contributed by atoms with E-state index in [2.05, 4.69) is 66.1 Å². The summed E-state index contributed by atoms with van der Waals surface area (Å²) in [5.74, 6) is 0.966. The molecule has 0 radical (unpaired) electrons. The molecule has 25 heavy (non-hydrogen) atoms. The van der Waals surface area contributed by atoms with Gasteiger partial charge in [-0.3, -0.25) is 0 Å². The number of anilines is 1. The van der Waals surface area contributed by atoms with Gasteiger partial charge in [0.25, 0.3) is 0 Å².